The van der Waals surface area contributed by atoms with Gasteiger partial charge in [-0.15, -0.1) is 16.9 Å². The van der Waals surface area contributed by atoms with Crippen LogP contribution in [0.1, 0.15) is 18.4 Å². The van der Waals surface area contributed by atoms with Crippen molar-refractivity contribution in [2.45, 2.75) is 30.6 Å². The van der Waals surface area contributed by atoms with E-state index in [4.69, 9.17) is 0 Å². The van der Waals surface area contributed by atoms with Crippen LogP contribution in [-0.2, 0) is 6.18 Å². The normalized spacial score (nSPS) is 23.7. The minimum atomic E-state index is -4.60. The van der Waals surface area contributed by atoms with E-state index in [1.165, 1.54) is 0 Å². The molecule has 0 spiro atoms. The molecule has 6 nitrogen and oxygen atoms in total. The van der Waals surface area contributed by atoms with Gasteiger partial charge in [-0.2, -0.15) is 13.2 Å². The van der Waals surface area contributed by atoms with Gasteiger partial charge in [-0.05, 0) is 48.8 Å². The third-order valence-corrected chi connectivity index (χ3v) is 6.34. The number of thioether (sulfide) groups is 1. The first-order valence-electron chi connectivity index (χ1n) is 8.40. The fourth-order valence-electron chi connectivity index (χ4n) is 2.86. The number of quaternary nitrogens is 1. The molecule has 2 heterocycles. The molecule has 1 saturated heterocycles. The second kappa shape index (κ2) is 7.92. The molecule has 2 aromatic rings. The van der Waals surface area contributed by atoms with Gasteiger partial charge in [0.05, 0.1) is 6.54 Å². The first-order valence-corrected chi connectivity index (χ1v) is 10.2. The molecule has 1 fully saturated rings. The Balaban J connectivity index is 1.83. The van der Waals surface area contributed by atoms with E-state index in [2.05, 4.69) is 22.4 Å². The molecule has 0 bridgehead atoms. The second-order valence-electron chi connectivity index (χ2n) is 6.40. The number of alkyl halides is 3. The van der Waals surface area contributed by atoms with E-state index in [1.54, 1.807) is 23.7 Å². The minimum Gasteiger partial charge on any atom is -0.623 e. The zero-order valence-corrected chi connectivity index (χ0v) is 16.5. The Morgan fingerprint density at radius 3 is 2.85 bits per heavy atom. The van der Waals surface area contributed by atoms with Crippen molar-refractivity contribution in [3.8, 4) is 0 Å². The molecule has 1 aromatic carbocycles. The number of anilines is 1. The topological polar surface area (TPSA) is 64.1 Å². The Kier molecular flexibility index (Phi) is 5.96. The summed E-state index contributed by atoms with van der Waals surface area (Å²) >= 11 is 2.02. The highest BCUT2D eigenvalue weighted by Gasteiger charge is 2.45. The lowest BCUT2D eigenvalue weighted by Crippen LogP contribution is -2.52. The number of hydrogen-bond donors (Lipinski definition) is 1. The lowest BCUT2D eigenvalue weighted by Gasteiger charge is -2.39. The van der Waals surface area contributed by atoms with Crippen molar-refractivity contribution >= 4 is 33.9 Å². The van der Waals surface area contributed by atoms with Crippen LogP contribution in [0.2, 0.25) is 0 Å². The van der Waals surface area contributed by atoms with Gasteiger partial charge in [0.1, 0.15) is 6.67 Å². The number of likely N-dealkylation sites (N-methyl/N-ethyl adjacent to an activating group) is 1. The van der Waals surface area contributed by atoms with Gasteiger partial charge in [0, 0.05) is 10.6 Å². The van der Waals surface area contributed by atoms with Crippen LogP contribution in [0, 0.1) is 5.21 Å². The summed E-state index contributed by atoms with van der Waals surface area (Å²) in [4.78, 5) is 2.85. The smallest absolute Gasteiger partial charge is 0.445 e. The summed E-state index contributed by atoms with van der Waals surface area (Å²) in [5.41, 5.74) is 0.760. The lowest BCUT2D eigenvalue weighted by atomic mass is 10.3. The molecule has 0 aliphatic carbocycles. The van der Waals surface area contributed by atoms with E-state index in [0.717, 1.165) is 22.8 Å². The van der Waals surface area contributed by atoms with E-state index in [0.29, 0.717) is 17.9 Å². The van der Waals surface area contributed by atoms with E-state index >= 15 is 0 Å². The number of aromatic nitrogens is 2. The number of nitrogens with zero attached hydrogens (tertiary/aromatic N) is 4. The molecular weight excluding hydrogens is 399 g/mol. The molecule has 0 saturated carbocycles. The Labute approximate surface area is 163 Å². The highest BCUT2D eigenvalue weighted by atomic mass is 32.2. The summed E-state index contributed by atoms with van der Waals surface area (Å²) in [6, 6.07) is 7.68. The fourth-order valence-corrected chi connectivity index (χ4v) is 4.47. The van der Waals surface area contributed by atoms with Gasteiger partial charge in [0.2, 0.25) is 5.01 Å². The predicted octanol–water partition coefficient (Wildman–Crippen LogP) is 4.21. The zero-order valence-electron chi connectivity index (χ0n) is 14.9. The molecule has 148 valence electrons. The number of halogens is 3. The van der Waals surface area contributed by atoms with Gasteiger partial charge < -0.3 is 10.5 Å². The maximum absolute atomic E-state index is 13.4. The molecule has 1 N–H and O–H groups in total. The molecule has 0 radical (unpaired) electrons. The number of nitrogens with one attached hydrogen (secondary N) is 1. The van der Waals surface area contributed by atoms with Crippen LogP contribution >= 0.6 is 23.1 Å². The Bertz CT molecular complexity index is 787. The summed E-state index contributed by atoms with van der Waals surface area (Å²) in [5, 5.41) is 22.0. The molecule has 11 heteroatoms. The van der Waals surface area contributed by atoms with Crippen LogP contribution in [-0.4, -0.2) is 47.3 Å². The van der Waals surface area contributed by atoms with Crippen LogP contribution in [0.25, 0.3) is 0 Å². The van der Waals surface area contributed by atoms with Crippen LogP contribution in [0.5, 0.6) is 0 Å². The molecule has 2 atom stereocenters. The predicted molar refractivity (Wildman–Crippen MR) is 102 cm³/mol. The number of hydrogen-bond acceptors (Lipinski definition) is 7. The Morgan fingerprint density at radius 1 is 1.41 bits per heavy atom. The molecule has 0 amide bonds. The summed E-state index contributed by atoms with van der Waals surface area (Å²) in [6.45, 7) is 2.50. The monoisotopic (exact) mass is 419 g/mol. The third-order valence-electron chi connectivity index (χ3n) is 4.06. The third kappa shape index (κ3) is 4.54. The largest absolute Gasteiger partial charge is 0.623 e. The quantitative estimate of drug-likeness (QED) is 0.430. The van der Waals surface area contributed by atoms with Gasteiger partial charge in [-0.1, -0.05) is 18.1 Å². The van der Waals surface area contributed by atoms with Crippen LogP contribution in [0.3, 0.4) is 0 Å². The second-order valence-corrected chi connectivity index (χ2v) is 8.52. The lowest BCUT2D eigenvalue weighted by molar-refractivity contribution is -0.138. The molecule has 1 aliphatic heterocycles. The maximum atomic E-state index is 13.4. The highest BCUT2D eigenvalue weighted by Crippen LogP contribution is 2.39. The summed E-state index contributed by atoms with van der Waals surface area (Å²) in [7, 11) is 1.76. The van der Waals surface area contributed by atoms with Gasteiger partial charge in [0.15, 0.2) is 6.17 Å². The van der Waals surface area contributed by atoms with E-state index < -0.39 is 22.0 Å². The van der Waals surface area contributed by atoms with Crippen molar-refractivity contribution in [2.75, 3.05) is 31.3 Å². The average molecular weight is 419 g/mol. The zero-order chi connectivity index (χ0) is 19.7. The minimum absolute atomic E-state index is 0.00837. The van der Waals surface area contributed by atoms with Crippen molar-refractivity contribution in [2.24, 2.45) is 0 Å². The van der Waals surface area contributed by atoms with Crippen molar-refractivity contribution in [3.63, 3.8) is 0 Å². The van der Waals surface area contributed by atoms with Gasteiger partial charge in [-0.25, -0.2) is 0 Å². The SMILES string of the molecule is CCCSc1cccc(NC2CN(C)C[N+]2([O-])c2nnc(C(F)(F)F)s2)c1. The standard InChI is InChI=1S/C16H20F3N5OS2/c1-3-7-26-12-6-4-5-11(8-12)20-13-9-23(2)10-24(13,25)15-22-21-14(27-15)16(17,18)19/h4-6,8,13,20H,3,7,9-10H2,1-2H3. The van der Waals surface area contributed by atoms with Crippen LogP contribution in [0.4, 0.5) is 24.0 Å². The molecule has 1 aliphatic rings. The molecule has 27 heavy (non-hydrogen) atoms. The van der Waals surface area contributed by atoms with E-state index in [1.807, 2.05) is 24.3 Å². The summed E-state index contributed by atoms with van der Waals surface area (Å²) in [5.74, 6) is 0.988. The van der Waals surface area contributed by atoms with Crippen molar-refractivity contribution in [3.05, 3.63) is 34.5 Å². The van der Waals surface area contributed by atoms with Gasteiger partial charge >= 0.3 is 11.3 Å². The molecular formula is C16H20F3N5OS2. The fraction of sp³-hybridized carbons (Fsp3) is 0.500. The first-order chi connectivity index (χ1) is 12.7. The van der Waals surface area contributed by atoms with Crippen molar-refractivity contribution in [1.82, 2.24) is 19.7 Å². The average Bonchev–Trinajstić information content (AvgIpc) is 3.19. The van der Waals surface area contributed by atoms with Crippen molar-refractivity contribution in [1.29, 1.82) is 0 Å². The number of benzene rings is 1. The Morgan fingerprint density at radius 2 is 2.19 bits per heavy atom. The van der Waals surface area contributed by atoms with Crippen molar-refractivity contribution < 1.29 is 13.2 Å². The number of hydroxylamine groups is 2. The van der Waals surface area contributed by atoms with Crippen LogP contribution < -0.4 is 9.96 Å². The van der Waals surface area contributed by atoms with E-state index in [9.17, 15) is 18.4 Å². The van der Waals surface area contributed by atoms with E-state index in [-0.39, 0.29) is 11.8 Å². The molecule has 2 unspecified atom stereocenters. The van der Waals surface area contributed by atoms with Gasteiger partial charge in [-0.3, -0.25) is 9.55 Å². The van der Waals surface area contributed by atoms with Crippen LogP contribution in [0.15, 0.2) is 29.2 Å². The highest BCUT2D eigenvalue weighted by molar-refractivity contribution is 7.99. The molecule has 1 aromatic heterocycles. The summed E-state index contributed by atoms with van der Waals surface area (Å²) in [6.07, 6.45) is -4.22. The first kappa shape index (κ1) is 20.3. The summed E-state index contributed by atoms with van der Waals surface area (Å²) < 4.78 is 37.5. The van der Waals surface area contributed by atoms with Gasteiger partial charge in [0.25, 0.3) is 0 Å². The molecule has 3 rings (SSSR count). The Hall–Kier alpha value is -1.40. The number of rotatable bonds is 6. The maximum Gasteiger partial charge on any atom is 0.445 e.